The quantitative estimate of drug-likeness (QED) is 0.393. The lowest BCUT2D eigenvalue weighted by molar-refractivity contribution is 0.0657. The zero-order chi connectivity index (χ0) is 17.6. The van der Waals surface area contributed by atoms with Crippen molar-refractivity contribution in [3.8, 4) is 0 Å². The average Bonchev–Trinajstić information content (AvgIpc) is 2.53. The number of hydrogen-bond donors (Lipinski definition) is 1. The zero-order valence-electron chi connectivity index (χ0n) is 16.0. The summed E-state index contributed by atoms with van der Waals surface area (Å²) in [6, 6.07) is 8.61. The Kier molecular flexibility index (Phi) is 9.59. The van der Waals surface area contributed by atoms with Crippen molar-refractivity contribution >= 4 is 41.7 Å². The van der Waals surface area contributed by atoms with E-state index in [0.29, 0.717) is 6.61 Å². The Labute approximate surface area is 174 Å². The summed E-state index contributed by atoms with van der Waals surface area (Å²) in [6.07, 6.45) is 0.265. The number of thioether (sulfide) groups is 1. The van der Waals surface area contributed by atoms with E-state index < -0.39 is 0 Å². The molecule has 0 atom stereocenters. The summed E-state index contributed by atoms with van der Waals surface area (Å²) in [7, 11) is 1.86. The van der Waals surface area contributed by atoms with E-state index in [9.17, 15) is 0 Å². The van der Waals surface area contributed by atoms with Crippen molar-refractivity contribution in [3.05, 3.63) is 35.4 Å². The van der Waals surface area contributed by atoms with Gasteiger partial charge in [0.2, 0.25) is 0 Å². The van der Waals surface area contributed by atoms with E-state index >= 15 is 0 Å². The van der Waals surface area contributed by atoms with Gasteiger partial charge in [-0.2, -0.15) is 11.8 Å². The third kappa shape index (κ3) is 7.74. The fourth-order valence-electron chi connectivity index (χ4n) is 2.73. The molecule has 0 unspecified atom stereocenters. The van der Waals surface area contributed by atoms with Crippen LogP contribution >= 0.6 is 35.7 Å². The number of halogens is 1. The Morgan fingerprint density at radius 3 is 2.48 bits per heavy atom. The van der Waals surface area contributed by atoms with Gasteiger partial charge in [-0.25, -0.2) is 0 Å². The predicted molar refractivity (Wildman–Crippen MR) is 120 cm³/mol. The van der Waals surface area contributed by atoms with Gasteiger partial charge in [0.15, 0.2) is 5.96 Å². The number of rotatable bonds is 5. The van der Waals surface area contributed by atoms with Crippen LogP contribution < -0.4 is 5.32 Å². The van der Waals surface area contributed by atoms with Crippen molar-refractivity contribution in [2.75, 3.05) is 25.9 Å². The van der Waals surface area contributed by atoms with Crippen LogP contribution in [0, 0.1) is 0 Å². The minimum absolute atomic E-state index is 0. The first-order valence-electron chi connectivity index (χ1n) is 8.68. The monoisotopic (exact) mass is 477 g/mol. The van der Waals surface area contributed by atoms with Crippen LogP contribution in [0.2, 0.25) is 0 Å². The Morgan fingerprint density at radius 2 is 1.92 bits per heavy atom. The van der Waals surface area contributed by atoms with Crippen molar-refractivity contribution < 1.29 is 4.74 Å². The van der Waals surface area contributed by atoms with Gasteiger partial charge in [0.1, 0.15) is 0 Å². The van der Waals surface area contributed by atoms with Crippen LogP contribution in [0.3, 0.4) is 0 Å². The number of guanidine groups is 1. The molecule has 0 bridgehead atoms. The van der Waals surface area contributed by atoms with Crippen molar-refractivity contribution in [2.45, 2.75) is 51.7 Å². The summed E-state index contributed by atoms with van der Waals surface area (Å²) in [4.78, 5) is 6.82. The van der Waals surface area contributed by atoms with E-state index in [1.807, 2.05) is 18.8 Å². The molecule has 0 saturated carbocycles. The molecular weight excluding hydrogens is 445 g/mol. The van der Waals surface area contributed by atoms with E-state index in [2.05, 4.69) is 67.2 Å². The second-order valence-corrected chi connectivity index (χ2v) is 8.91. The minimum Gasteiger partial charge on any atom is -0.374 e. The normalized spacial score (nSPS) is 17.4. The summed E-state index contributed by atoms with van der Waals surface area (Å²) in [6.45, 7) is 12.3. The van der Waals surface area contributed by atoms with Crippen LogP contribution in [-0.2, 0) is 17.9 Å². The van der Waals surface area contributed by atoms with E-state index in [-0.39, 0.29) is 34.8 Å². The molecule has 0 amide bonds. The maximum absolute atomic E-state index is 5.64. The van der Waals surface area contributed by atoms with Crippen LogP contribution in [0.15, 0.2) is 29.3 Å². The molecule has 1 aromatic carbocycles. The van der Waals surface area contributed by atoms with Crippen LogP contribution in [0.1, 0.15) is 38.8 Å². The molecule has 1 aliphatic heterocycles. The summed E-state index contributed by atoms with van der Waals surface area (Å²) in [5.74, 6) is 2.15. The molecule has 0 aliphatic carbocycles. The lowest BCUT2D eigenvalue weighted by Gasteiger charge is -2.39. The lowest BCUT2D eigenvalue weighted by Crippen LogP contribution is -2.50. The van der Waals surface area contributed by atoms with Gasteiger partial charge in [-0.1, -0.05) is 24.3 Å². The fraction of sp³-hybridized carbons (Fsp3) is 0.632. The molecule has 142 valence electrons. The first kappa shape index (κ1) is 22.6. The van der Waals surface area contributed by atoms with Crippen LogP contribution in [0.4, 0.5) is 0 Å². The highest BCUT2D eigenvalue weighted by atomic mass is 127. The molecule has 25 heavy (non-hydrogen) atoms. The van der Waals surface area contributed by atoms with E-state index in [0.717, 1.165) is 31.3 Å². The molecule has 2 rings (SSSR count). The molecule has 6 heteroatoms. The van der Waals surface area contributed by atoms with Crippen molar-refractivity contribution in [3.63, 3.8) is 0 Å². The number of ether oxygens (including phenoxy) is 1. The van der Waals surface area contributed by atoms with Crippen molar-refractivity contribution in [1.29, 1.82) is 0 Å². The molecule has 1 N–H and O–H groups in total. The predicted octanol–water partition coefficient (Wildman–Crippen LogP) is 4.13. The molecular formula is C19H32IN3OS. The van der Waals surface area contributed by atoms with E-state index in [4.69, 9.17) is 4.74 Å². The second-order valence-electron chi connectivity index (χ2n) is 7.11. The summed E-state index contributed by atoms with van der Waals surface area (Å²) < 4.78 is 5.92. The molecule has 0 aromatic heterocycles. The summed E-state index contributed by atoms with van der Waals surface area (Å²) >= 11 is 2.04. The number of hydrogen-bond acceptors (Lipinski definition) is 3. The first-order valence-corrected chi connectivity index (χ1v) is 9.67. The van der Waals surface area contributed by atoms with Gasteiger partial charge < -0.3 is 15.0 Å². The molecule has 0 spiro atoms. The first-order chi connectivity index (χ1) is 11.4. The Balaban J connectivity index is 0.00000312. The Bertz CT molecular complexity index is 546. The van der Waals surface area contributed by atoms with Gasteiger partial charge in [-0.3, -0.25) is 4.99 Å². The third-order valence-electron chi connectivity index (χ3n) is 3.99. The van der Waals surface area contributed by atoms with E-state index in [1.54, 1.807) is 0 Å². The maximum Gasteiger partial charge on any atom is 0.193 e. The smallest absolute Gasteiger partial charge is 0.193 e. The highest BCUT2D eigenvalue weighted by molar-refractivity contribution is 14.0. The van der Waals surface area contributed by atoms with Crippen molar-refractivity contribution in [1.82, 2.24) is 10.2 Å². The van der Waals surface area contributed by atoms with E-state index in [1.165, 1.54) is 11.1 Å². The largest absolute Gasteiger partial charge is 0.374 e. The number of nitrogens with zero attached hydrogens (tertiary/aromatic N) is 2. The molecule has 1 aromatic rings. The van der Waals surface area contributed by atoms with Gasteiger partial charge in [0.05, 0.1) is 12.7 Å². The standard InChI is InChI=1S/C19H31N3OS.HI/c1-15(2)23-13-17-8-6-16(7-9-17)12-21-18(20-5)22-10-11-24-19(3,4)14-22;/h6-9,15H,10-14H2,1-5H3,(H,20,21);1H. The number of aliphatic imine (C=N–C) groups is 1. The number of benzene rings is 1. The van der Waals surface area contributed by atoms with Gasteiger partial charge in [0.25, 0.3) is 0 Å². The molecule has 1 saturated heterocycles. The fourth-order valence-corrected chi connectivity index (χ4v) is 3.84. The van der Waals surface area contributed by atoms with Crippen molar-refractivity contribution in [2.24, 2.45) is 4.99 Å². The number of nitrogens with one attached hydrogen (secondary N) is 1. The second kappa shape index (κ2) is 10.6. The van der Waals surface area contributed by atoms with Crippen LogP contribution in [0.25, 0.3) is 0 Å². The zero-order valence-corrected chi connectivity index (χ0v) is 19.2. The van der Waals surface area contributed by atoms with Gasteiger partial charge in [-0.15, -0.1) is 24.0 Å². The highest BCUT2D eigenvalue weighted by Gasteiger charge is 2.28. The van der Waals surface area contributed by atoms with Crippen LogP contribution in [-0.4, -0.2) is 47.6 Å². The molecule has 0 radical (unpaired) electrons. The minimum atomic E-state index is 0. The molecule has 1 aliphatic rings. The molecule has 4 nitrogen and oxygen atoms in total. The third-order valence-corrected chi connectivity index (χ3v) is 5.29. The van der Waals surface area contributed by atoms with Gasteiger partial charge in [-0.05, 0) is 38.8 Å². The summed E-state index contributed by atoms with van der Waals surface area (Å²) in [5, 5.41) is 3.50. The van der Waals surface area contributed by atoms with Crippen LogP contribution in [0.5, 0.6) is 0 Å². The maximum atomic E-state index is 5.64. The molecule has 1 fully saturated rings. The summed E-state index contributed by atoms with van der Waals surface area (Å²) in [5.41, 5.74) is 2.47. The Morgan fingerprint density at radius 1 is 1.28 bits per heavy atom. The van der Waals surface area contributed by atoms with Gasteiger partial charge >= 0.3 is 0 Å². The topological polar surface area (TPSA) is 36.9 Å². The lowest BCUT2D eigenvalue weighted by atomic mass is 10.1. The van der Waals surface area contributed by atoms with Gasteiger partial charge in [0, 0.05) is 37.2 Å². The Hall–Kier alpha value is -0.470. The molecule has 1 heterocycles. The average molecular weight is 477 g/mol. The SMILES string of the molecule is CN=C(NCc1ccc(COC(C)C)cc1)N1CCSC(C)(C)C1.I. The highest BCUT2D eigenvalue weighted by Crippen LogP contribution is 2.29.